The molecule has 0 saturated carbocycles. The molecule has 1 heterocycles. The topological polar surface area (TPSA) is 39.1 Å². The minimum absolute atomic E-state index is 0.218. The summed E-state index contributed by atoms with van der Waals surface area (Å²) in [6.07, 6.45) is 6.07. The maximum Gasteiger partial charge on any atom is 0.123 e. The fourth-order valence-electron chi connectivity index (χ4n) is 2.63. The number of nitrogens with zero attached hydrogens (tertiary/aromatic N) is 2. The molecule has 0 fully saturated rings. The molecule has 0 aliphatic rings. The third-order valence-corrected chi connectivity index (χ3v) is 3.62. The van der Waals surface area contributed by atoms with E-state index in [0.29, 0.717) is 0 Å². The average molecular weight is 287 g/mol. The van der Waals surface area contributed by atoms with E-state index in [-0.39, 0.29) is 6.04 Å². The van der Waals surface area contributed by atoms with Gasteiger partial charge >= 0.3 is 0 Å². The number of para-hydroxylation sites is 1. The first kappa shape index (κ1) is 15.6. The van der Waals surface area contributed by atoms with Crippen molar-refractivity contribution in [2.24, 2.45) is 0 Å². The van der Waals surface area contributed by atoms with Gasteiger partial charge in [0.25, 0.3) is 0 Å². The van der Waals surface area contributed by atoms with Crippen LogP contribution in [0.1, 0.15) is 37.7 Å². The second kappa shape index (κ2) is 7.84. The molecule has 0 saturated heterocycles. The van der Waals surface area contributed by atoms with Crippen LogP contribution in [-0.2, 0) is 13.0 Å². The summed E-state index contributed by atoms with van der Waals surface area (Å²) in [5.41, 5.74) is 1.19. The number of rotatable bonds is 8. The lowest BCUT2D eigenvalue weighted by Gasteiger charge is -2.22. The van der Waals surface area contributed by atoms with Crippen molar-refractivity contribution in [2.45, 2.75) is 39.3 Å². The Kier molecular flexibility index (Phi) is 5.81. The number of likely N-dealkylation sites (N-methyl/N-ethyl adjacent to an activating group) is 1. The van der Waals surface area contributed by atoms with Crippen LogP contribution in [0.25, 0.3) is 0 Å². The Morgan fingerprint density at radius 2 is 2.10 bits per heavy atom. The summed E-state index contributed by atoms with van der Waals surface area (Å²) >= 11 is 0. The number of hydrogen-bond donors (Lipinski definition) is 1. The monoisotopic (exact) mass is 287 g/mol. The van der Waals surface area contributed by atoms with Crippen molar-refractivity contribution in [1.29, 1.82) is 0 Å². The molecule has 1 N–H and O–H groups in total. The summed E-state index contributed by atoms with van der Waals surface area (Å²) in [5, 5.41) is 3.55. The van der Waals surface area contributed by atoms with Gasteiger partial charge in [0, 0.05) is 30.9 Å². The van der Waals surface area contributed by atoms with Crippen LogP contribution >= 0.6 is 0 Å². The summed E-state index contributed by atoms with van der Waals surface area (Å²) in [4.78, 5) is 4.46. The fourth-order valence-corrected chi connectivity index (χ4v) is 2.63. The van der Waals surface area contributed by atoms with Crippen molar-refractivity contribution < 1.29 is 4.74 Å². The number of benzene rings is 1. The minimum atomic E-state index is 0.218. The molecule has 1 aromatic heterocycles. The zero-order valence-electron chi connectivity index (χ0n) is 13.2. The normalized spacial score (nSPS) is 12.3. The molecule has 4 nitrogen and oxygen atoms in total. The SMILES string of the molecule is CCCc1nccn1CC(NCC)c1ccccc1OC. The number of aryl methyl sites for hydroxylation is 1. The Labute approximate surface area is 127 Å². The second-order valence-electron chi connectivity index (χ2n) is 5.10. The summed E-state index contributed by atoms with van der Waals surface area (Å²) in [7, 11) is 1.72. The van der Waals surface area contributed by atoms with Crippen molar-refractivity contribution in [3.05, 3.63) is 48.0 Å². The van der Waals surface area contributed by atoms with Crippen LogP contribution in [-0.4, -0.2) is 23.2 Å². The highest BCUT2D eigenvalue weighted by molar-refractivity contribution is 5.35. The largest absolute Gasteiger partial charge is 0.496 e. The van der Waals surface area contributed by atoms with Crippen molar-refractivity contribution >= 4 is 0 Å². The number of ether oxygens (including phenoxy) is 1. The highest BCUT2D eigenvalue weighted by Crippen LogP contribution is 2.26. The number of hydrogen-bond acceptors (Lipinski definition) is 3. The molecule has 1 atom stereocenters. The van der Waals surface area contributed by atoms with Gasteiger partial charge in [-0.1, -0.05) is 32.0 Å². The Balaban J connectivity index is 2.24. The Morgan fingerprint density at radius 1 is 1.29 bits per heavy atom. The van der Waals surface area contributed by atoms with Crippen molar-refractivity contribution in [3.63, 3.8) is 0 Å². The third-order valence-electron chi connectivity index (χ3n) is 3.62. The van der Waals surface area contributed by atoms with E-state index in [1.54, 1.807) is 7.11 Å². The van der Waals surface area contributed by atoms with E-state index in [9.17, 15) is 0 Å². The molecule has 0 radical (unpaired) electrons. The van der Waals surface area contributed by atoms with Gasteiger partial charge in [0.15, 0.2) is 0 Å². The Morgan fingerprint density at radius 3 is 2.81 bits per heavy atom. The quantitative estimate of drug-likeness (QED) is 0.810. The van der Waals surface area contributed by atoms with Gasteiger partial charge in [0.1, 0.15) is 11.6 Å². The first-order valence-corrected chi connectivity index (χ1v) is 7.66. The molecule has 4 heteroatoms. The zero-order chi connectivity index (χ0) is 15.1. The maximum atomic E-state index is 5.50. The van der Waals surface area contributed by atoms with Crippen LogP contribution in [0.15, 0.2) is 36.7 Å². The second-order valence-corrected chi connectivity index (χ2v) is 5.10. The van der Waals surface area contributed by atoms with Gasteiger partial charge in [-0.25, -0.2) is 4.98 Å². The molecule has 0 aliphatic carbocycles. The standard InChI is InChI=1S/C17H25N3O/c1-4-8-17-19-11-12-20(17)13-15(18-5-2)14-9-6-7-10-16(14)21-3/h6-7,9-12,15,18H,4-5,8,13H2,1-3H3. The molecule has 2 aromatic rings. The Hall–Kier alpha value is -1.81. The van der Waals surface area contributed by atoms with E-state index in [1.165, 1.54) is 5.56 Å². The van der Waals surface area contributed by atoms with Gasteiger partial charge in [-0.2, -0.15) is 0 Å². The smallest absolute Gasteiger partial charge is 0.123 e. The van der Waals surface area contributed by atoms with Gasteiger partial charge in [-0.3, -0.25) is 0 Å². The van der Waals surface area contributed by atoms with Crippen LogP contribution in [0.5, 0.6) is 5.75 Å². The van der Waals surface area contributed by atoms with Crippen molar-refractivity contribution in [3.8, 4) is 5.75 Å². The molecular formula is C17H25N3O. The molecule has 0 bridgehead atoms. The molecule has 0 amide bonds. The van der Waals surface area contributed by atoms with Crippen LogP contribution < -0.4 is 10.1 Å². The molecule has 0 spiro atoms. The van der Waals surface area contributed by atoms with Gasteiger partial charge in [0.2, 0.25) is 0 Å². The molecule has 1 unspecified atom stereocenters. The van der Waals surface area contributed by atoms with Crippen LogP contribution in [0.2, 0.25) is 0 Å². The highest BCUT2D eigenvalue weighted by atomic mass is 16.5. The first-order valence-electron chi connectivity index (χ1n) is 7.66. The molecular weight excluding hydrogens is 262 g/mol. The van der Waals surface area contributed by atoms with Crippen LogP contribution in [0, 0.1) is 0 Å². The number of nitrogens with one attached hydrogen (secondary N) is 1. The maximum absolute atomic E-state index is 5.50. The van der Waals surface area contributed by atoms with E-state index in [1.807, 2.05) is 18.3 Å². The van der Waals surface area contributed by atoms with Gasteiger partial charge < -0.3 is 14.6 Å². The van der Waals surface area contributed by atoms with Gasteiger partial charge in [-0.15, -0.1) is 0 Å². The average Bonchev–Trinajstić information content (AvgIpc) is 2.94. The first-order chi connectivity index (χ1) is 10.3. The van der Waals surface area contributed by atoms with E-state index >= 15 is 0 Å². The van der Waals surface area contributed by atoms with E-state index in [2.05, 4.69) is 47.0 Å². The molecule has 0 aliphatic heterocycles. The summed E-state index contributed by atoms with van der Waals surface area (Å²) < 4.78 is 7.74. The lowest BCUT2D eigenvalue weighted by Crippen LogP contribution is -2.26. The molecule has 21 heavy (non-hydrogen) atoms. The predicted octanol–water partition coefficient (Wildman–Crippen LogP) is 3.20. The summed E-state index contributed by atoms with van der Waals surface area (Å²) in [5.74, 6) is 2.08. The minimum Gasteiger partial charge on any atom is -0.496 e. The van der Waals surface area contributed by atoms with Crippen LogP contribution in [0.3, 0.4) is 0 Å². The lowest BCUT2D eigenvalue weighted by molar-refractivity contribution is 0.389. The lowest BCUT2D eigenvalue weighted by atomic mass is 10.1. The number of aromatic nitrogens is 2. The number of methoxy groups -OCH3 is 1. The van der Waals surface area contributed by atoms with Gasteiger partial charge in [-0.05, 0) is 19.0 Å². The third kappa shape index (κ3) is 3.85. The number of imidazole rings is 1. The highest BCUT2D eigenvalue weighted by Gasteiger charge is 2.16. The predicted molar refractivity (Wildman–Crippen MR) is 85.6 cm³/mol. The van der Waals surface area contributed by atoms with E-state index in [0.717, 1.165) is 37.5 Å². The molecule has 1 aromatic carbocycles. The fraction of sp³-hybridized carbons (Fsp3) is 0.471. The zero-order valence-corrected chi connectivity index (χ0v) is 13.2. The molecule has 2 rings (SSSR count). The van der Waals surface area contributed by atoms with Gasteiger partial charge in [0.05, 0.1) is 13.2 Å². The van der Waals surface area contributed by atoms with Crippen LogP contribution in [0.4, 0.5) is 0 Å². The van der Waals surface area contributed by atoms with E-state index < -0.39 is 0 Å². The van der Waals surface area contributed by atoms with E-state index in [4.69, 9.17) is 4.74 Å². The van der Waals surface area contributed by atoms with Crippen molar-refractivity contribution in [1.82, 2.24) is 14.9 Å². The summed E-state index contributed by atoms with van der Waals surface area (Å²) in [6.45, 7) is 6.09. The Bertz CT molecular complexity index is 550. The molecule has 114 valence electrons. The summed E-state index contributed by atoms with van der Waals surface area (Å²) in [6, 6.07) is 8.42. The van der Waals surface area contributed by atoms with Crippen molar-refractivity contribution in [2.75, 3.05) is 13.7 Å².